The molecule has 1 aliphatic carbocycles. The molecule has 1 saturated heterocycles. The first-order valence-corrected chi connectivity index (χ1v) is 5.00. The van der Waals surface area contributed by atoms with Crippen LogP contribution in [0.1, 0.15) is 20.3 Å². The molecule has 0 amide bonds. The van der Waals surface area contributed by atoms with Crippen LogP contribution in [0, 0.1) is 11.8 Å². The van der Waals surface area contributed by atoms with Gasteiger partial charge in [0.25, 0.3) is 0 Å². The first kappa shape index (κ1) is 8.52. The van der Waals surface area contributed by atoms with Crippen LogP contribution in [-0.4, -0.2) is 37.2 Å². The van der Waals surface area contributed by atoms with Crippen LogP contribution in [0.5, 0.6) is 0 Å². The Balaban J connectivity index is 1.79. The van der Waals surface area contributed by atoms with E-state index >= 15 is 0 Å². The van der Waals surface area contributed by atoms with E-state index in [1.54, 1.807) is 0 Å². The quantitative estimate of drug-likeness (QED) is 0.632. The molecule has 0 aromatic carbocycles. The van der Waals surface area contributed by atoms with Crippen molar-refractivity contribution in [3.8, 4) is 0 Å². The van der Waals surface area contributed by atoms with Crippen molar-refractivity contribution in [1.82, 2.24) is 4.90 Å². The first-order chi connectivity index (χ1) is 5.68. The minimum atomic E-state index is 0.385. The highest BCUT2D eigenvalue weighted by Gasteiger charge is 2.50. The van der Waals surface area contributed by atoms with Gasteiger partial charge in [0.15, 0.2) is 0 Å². The lowest BCUT2D eigenvalue weighted by Crippen LogP contribution is -2.34. The molecule has 1 saturated carbocycles. The van der Waals surface area contributed by atoms with E-state index < -0.39 is 0 Å². The number of ether oxygens (including phenoxy) is 1. The third kappa shape index (κ3) is 1.50. The van der Waals surface area contributed by atoms with Gasteiger partial charge in [0.1, 0.15) is 0 Å². The summed E-state index contributed by atoms with van der Waals surface area (Å²) in [5.74, 6) is 1.98. The zero-order valence-electron chi connectivity index (χ0n) is 8.29. The smallest absolute Gasteiger partial charge is 0.0628 e. The Bertz CT molecular complexity index is 167. The van der Waals surface area contributed by atoms with Gasteiger partial charge in [0.05, 0.1) is 12.7 Å². The van der Waals surface area contributed by atoms with Crippen LogP contribution in [-0.2, 0) is 4.74 Å². The molecule has 70 valence electrons. The van der Waals surface area contributed by atoms with Crippen molar-refractivity contribution in [2.24, 2.45) is 11.8 Å². The minimum absolute atomic E-state index is 0.385. The third-order valence-corrected chi connectivity index (χ3v) is 3.16. The lowest BCUT2D eigenvalue weighted by Gasteiger charge is -2.23. The summed E-state index contributed by atoms with van der Waals surface area (Å²) in [6, 6.07) is 0.720. The van der Waals surface area contributed by atoms with Gasteiger partial charge in [0.2, 0.25) is 0 Å². The molecule has 2 aliphatic rings. The summed E-state index contributed by atoms with van der Waals surface area (Å²) in [6.45, 7) is 6.46. The SMILES string of the molecule is CC(C)OC[C@@H]1[C@@H]2C[C@@H]2CN1C. The molecule has 12 heavy (non-hydrogen) atoms. The van der Waals surface area contributed by atoms with Gasteiger partial charge in [-0.2, -0.15) is 0 Å². The summed E-state index contributed by atoms with van der Waals surface area (Å²) >= 11 is 0. The number of nitrogens with zero attached hydrogens (tertiary/aromatic N) is 1. The van der Waals surface area contributed by atoms with Crippen molar-refractivity contribution in [2.75, 3.05) is 20.2 Å². The average Bonchev–Trinajstić information content (AvgIpc) is 2.62. The third-order valence-electron chi connectivity index (χ3n) is 3.16. The molecule has 3 atom stereocenters. The second kappa shape index (κ2) is 3.00. The van der Waals surface area contributed by atoms with E-state index in [0.29, 0.717) is 6.10 Å². The Morgan fingerprint density at radius 2 is 2.25 bits per heavy atom. The zero-order chi connectivity index (χ0) is 8.72. The molecule has 2 fully saturated rings. The molecule has 1 aliphatic heterocycles. The molecule has 0 unspecified atom stereocenters. The molecule has 0 spiro atoms. The normalized spacial score (nSPS) is 40.5. The predicted molar refractivity (Wildman–Crippen MR) is 49.1 cm³/mol. The fourth-order valence-electron chi connectivity index (χ4n) is 2.33. The van der Waals surface area contributed by atoms with Crippen LogP contribution < -0.4 is 0 Å². The lowest BCUT2D eigenvalue weighted by molar-refractivity contribution is 0.0357. The van der Waals surface area contributed by atoms with E-state index in [9.17, 15) is 0 Å². The lowest BCUT2D eigenvalue weighted by atomic mass is 10.2. The van der Waals surface area contributed by atoms with Gasteiger partial charge < -0.3 is 9.64 Å². The summed E-state index contributed by atoms with van der Waals surface area (Å²) in [4.78, 5) is 2.46. The van der Waals surface area contributed by atoms with Crippen LogP contribution in [0.2, 0.25) is 0 Å². The Labute approximate surface area is 74.9 Å². The Morgan fingerprint density at radius 1 is 1.50 bits per heavy atom. The number of fused-ring (bicyclic) bond motifs is 1. The zero-order valence-corrected chi connectivity index (χ0v) is 8.29. The molecule has 0 radical (unpaired) electrons. The fraction of sp³-hybridized carbons (Fsp3) is 1.00. The van der Waals surface area contributed by atoms with E-state index in [-0.39, 0.29) is 0 Å². The van der Waals surface area contributed by atoms with E-state index in [4.69, 9.17) is 4.74 Å². The van der Waals surface area contributed by atoms with Gasteiger partial charge in [-0.3, -0.25) is 0 Å². The molecule has 2 nitrogen and oxygen atoms in total. The summed E-state index contributed by atoms with van der Waals surface area (Å²) in [5, 5.41) is 0. The number of rotatable bonds is 3. The Morgan fingerprint density at radius 3 is 2.75 bits per heavy atom. The second-order valence-electron chi connectivity index (χ2n) is 4.55. The first-order valence-electron chi connectivity index (χ1n) is 5.00. The highest BCUT2D eigenvalue weighted by Crippen LogP contribution is 2.48. The van der Waals surface area contributed by atoms with Gasteiger partial charge in [-0.15, -0.1) is 0 Å². The maximum Gasteiger partial charge on any atom is 0.0628 e. The van der Waals surface area contributed by atoms with Crippen molar-refractivity contribution in [3.63, 3.8) is 0 Å². The van der Waals surface area contributed by atoms with E-state index in [2.05, 4.69) is 25.8 Å². The standard InChI is InChI=1S/C10H19NO/c1-7(2)12-6-10-9-4-8(9)5-11(10)3/h7-10H,4-6H2,1-3H3/t8-,9-,10-/m1/s1. The highest BCUT2D eigenvalue weighted by atomic mass is 16.5. The molecule has 2 heteroatoms. The molecule has 0 aromatic heterocycles. The maximum atomic E-state index is 5.65. The van der Waals surface area contributed by atoms with Crippen molar-refractivity contribution in [2.45, 2.75) is 32.4 Å². The molecule has 1 heterocycles. The summed E-state index contributed by atoms with van der Waals surface area (Å²) < 4.78 is 5.65. The predicted octanol–water partition coefficient (Wildman–Crippen LogP) is 1.36. The van der Waals surface area contributed by atoms with Crippen LogP contribution in [0.25, 0.3) is 0 Å². The fourth-order valence-corrected chi connectivity index (χ4v) is 2.33. The van der Waals surface area contributed by atoms with Crippen molar-refractivity contribution < 1.29 is 4.74 Å². The maximum absolute atomic E-state index is 5.65. The molecule has 0 bridgehead atoms. The van der Waals surface area contributed by atoms with Crippen molar-refractivity contribution in [3.05, 3.63) is 0 Å². The van der Waals surface area contributed by atoms with E-state index in [1.165, 1.54) is 13.0 Å². The molecular formula is C10H19NO. The highest BCUT2D eigenvalue weighted by molar-refractivity contribution is 5.03. The number of hydrogen-bond donors (Lipinski definition) is 0. The number of hydrogen-bond acceptors (Lipinski definition) is 2. The second-order valence-corrected chi connectivity index (χ2v) is 4.55. The topological polar surface area (TPSA) is 12.5 Å². The van der Waals surface area contributed by atoms with Crippen molar-refractivity contribution >= 4 is 0 Å². The largest absolute Gasteiger partial charge is 0.377 e. The number of piperidine rings is 1. The number of likely N-dealkylation sites (N-methyl/N-ethyl adjacent to an activating group) is 1. The van der Waals surface area contributed by atoms with Gasteiger partial charge >= 0.3 is 0 Å². The molecule has 0 aromatic rings. The van der Waals surface area contributed by atoms with E-state index in [0.717, 1.165) is 24.5 Å². The molecular weight excluding hydrogens is 150 g/mol. The van der Waals surface area contributed by atoms with Gasteiger partial charge in [-0.05, 0) is 39.2 Å². The summed E-state index contributed by atoms with van der Waals surface area (Å²) in [6.07, 6.45) is 1.84. The number of likely N-dealkylation sites (tertiary alicyclic amines) is 1. The summed E-state index contributed by atoms with van der Waals surface area (Å²) in [5.41, 5.74) is 0. The van der Waals surface area contributed by atoms with Gasteiger partial charge in [0, 0.05) is 12.6 Å². The minimum Gasteiger partial charge on any atom is -0.377 e. The van der Waals surface area contributed by atoms with Crippen LogP contribution in [0.15, 0.2) is 0 Å². The van der Waals surface area contributed by atoms with Crippen LogP contribution in [0.3, 0.4) is 0 Å². The molecule has 0 N–H and O–H groups in total. The Kier molecular flexibility index (Phi) is 2.13. The summed E-state index contributed by atoms with van der Waals surface area (Å²) in [7, 11) is 2.22. The van der Waals surface area contributed by atoms with E-state index in [1.807, 2.05) is 0 Å². The van der Waals surface area contributed by atoms with Crippen LogP contribution in [0.4, 0.5) is 0 Å². The Hall–Kier alpha value is -0.0800. The molecule has 2 rings (SSSR count). The van der Waals surface area contributed by atoms with Gasteiger partial charge in [-0.1, -0.05) is 0 Å². The van der Waals surface area contributed by atoms with Crippen LogP contribution >= 0.6 is 0 Å². The monoisotopic (exact) mass is 169 g/mol. The average molecular weight is 169 g/mol. The van der Waals surface area contributed by atoms with Gasteiger partial charge in [-0.25, -0.2) is 0 Å². The van der Waals surface area contributed by atoms with Crippen molar-refractivity contribution in [1.29, 1.82) is 0 Å².